The Kier molecular flexibility index (Phi) is 1.41. The van der Waals surface area contributed by atoms with E-state index < -0.39 is 0 Å². The van der Waals surface area contributed by atoms with Crippen LogP contribution >= 0.6 is 0 Å². The normalized spacial score (nSPS) is 16.5. The van der Waals surface area contributed by atoms with E-state index in [-0.39, 0.29) is 0 Å². The van der Waals surface area contributed by atoms with Gasteiger partial charge < -0.3 is 4.74 Å². The topological polar surface area (TPSA) is 9.23 Å². The molecule has 0 saturated carbocycles. The minimum atomic E-state index is 0.684. The highest BCUT2D eigenvalue weighted by Crippen LogP contribution is 2.44. The monoisotopic (exact) mass is 206 g/mol. The third-order valence-corrected chi connectivity index (χ3v) is 3.29. The van der Waals surface area contributed by atoms with Crippen LogP contribution in [-0.2, 0) is 4.74 Å². The highest BCUT2D eigenvalue weighted by atomic mass is 16.5. The number of hydrogen-bond acceptors (Lipinski definition) is 1. The van der Waals surface area contributed by atoms with E-state index in [1.54, 1.807) is 0 Å². The van der Waals surface area contributed by atoms with Crippen LogP contribution in [0.4, 0.5) is 0 Å². The van der Waals surface area contributed by atoms with Gasteiger partial charge in [0.15, 0.2) is 0 Å². The smallest absolute Gasteiger partial charge is 0.135 e. The number of hydrogen-bond donors (Lipinski definition) is 0. The fourth-order valence-corrected chi connectivity index (χ4v) is 2.64. The van der Waals surface area contributed by atoms with Crippen molar-refractivity contribution in [2.45, 2.75) is 0 Å². The zero-order valence-corrected chi connectivity index (χ0v) is 8.73. The van der Waals surface area contributed by atoms with Crippen molar-refractivity contribution in [1.29, 1.82) is 0 Å². The van der Waals surface area contributed by atoms with Crippen molar-refractivity contribution in [3.8, 4) is 0 Å². The third-order valence-electron chi connectivity index (χ3n) is 3.29. The van der Waals surface area contributed by atoms with Gasteiger partial charge in [0, 0.05) is 16.5 Å². The number of ether oxygens (including phenoxy) is 1. The van der Waals surface area contributed by atoms with E-state index in [0.29, 0.717) is 6.61 Å². The molecule has 0 radical (unpaired) electrons. The largest absolute Gasteiger partial charge is 0.488 e. The molecule has 0 saturated heterocycles. The highest BCUT2D eigenvalue weighted by molar-refractivity contribution is 6.14. The van der Waals surface area contributed by atoms with Crippen LogP contribution in [-0.4, -0.2) is 6.61 Å². The average Bonchev–Trinajstić information content (AvgIpc) is 2.68. The zero-order chi connectivity index (χ0) is 10.5. The zero-order valence-electron chi connectivity index (χ0n) is 8.73. The molecule has 4 rings (SSSR count). The van der Waals surface area contributed by atoms with Gasteiger partial charge in [0.25, 0.3) is 0 Å². The number of fused-ring (bicyclic) bond motifs is 2. The molecule has 0 atom stereocenters. The summed E-state index contributed by atoms with van der Waals surface area (Å²) in [4.78, 5) is 0. The molecule has 76 valence electrons. The quantitative estimate of drug-likeness (QED) is 0.639. The summed E-state index contributed by atoms with van der Waals surface area (Å²) in [5.74, 6) is 1.05. The van der Waals surface area contributed by atoms with E-state index in [4.69, 9.17) is 4.74 Å². The minimum absolute atomic E-state index is 0.684. The van der Waals surface area contributed by atoms with Gasteiger partial charge in [0.05, 0.1) is 0 Å². The standard InChI is InChI=1S/C15H10O/c1-4-10-5-2-7-13-14(10)11(6-1)12-8-3-9-16-15(12)13/h1-8H,9H2. The fourth-order valence-electron chi connectivity index (χ4n) is 2.64. The molecule has 2 aromatic carbocycles. The van der Waals surface area contributed by atoms with E-state index in [9.17, 15) is 0 Å². The van der Waals surface area contributed by atoms with Crippen molar-refractivity contribution >= 4 is 22.1 Å². The summed E-state index contributed by atoms with van der Waals surface area (Å²) in [6.07, 6.45) is 4.25. The Balaban J connectivity index is 2.20. The summed E-state index contributed by atoms with van der Waals surface area (Å²) >= 11 is 0. The van der Waals surface area contributed by atoms with Crippen molar-refractivity contribution in [2.24, 2.45) is 0 Å². The second-order valence-corrected chi connectivity index (χ2v) is 4.17. The van der Waals surface area contributed by atoms with Gasteiger partial charge in [-0.1, -0.05) is 42.5 Å². The maximum absolute atomic E-state index is 5.77. The molecule has 1 heterocycles. The van der Waals surface area contributed by atoms with Crippen LogP contribution in [0.25, 0.3) is 22.1 Å². The van der Waals surface area contributed by atoms with Gasteiger partial charge in [-0.05, 0) is 17.0 Å². The maximum atomic E-state index is 5.77. The van der Waals surface area contributed by atoms with Crippen molar-refractivity contribution < 1.29 is 4.74 Å². The van der Waals surface area contributed by atoms with E-state index in [2.05, 4.69) is 48.6 Å². The van der Waals surface area contributed by atoms with E-state index in [1.165, 1.54) is 27.5 Å². The predicted octanol–water partition coefficient (Wildman–Crippen LogP) is 3.61. The fraction of sp³-hybridized carbons (Fsp3) is 0.0667. The summed E-state index contributed by atoms with van der Waals surface area (Å²) in [6, 6.07) is 12.8. The average molecular weight is 206 g/mol. The molecule has 2 aliphatic rings. The van der Waals surface area contributed by atoms with Gasteiger partial charge in [-0.3, -0.25) is 0 Å². The molecule has 1 heteroatoms. The Morgan fingerprint density at radius 1 is 0.938 bits per heavy atom. The van der Waals surface area contributed by atoms with Crippen LogP contribution in [0.2, 0.25) is 0 Å². The molecule has 0 bridgehead atoms. The molecule has 2 aromatic rings. The van der Waals surface area contributed by atoms with Crippen LogP contribution in [0.15, 0.2) is 48.6 Å². The number of benzene rings is 2. The molecule has 0 aromatic heterocycles. The minimum Gasteiger partial charge on any atom is -0.488 e. The Morgan fingerprint density at radius 2 is 1.75 bits per heavy atom. The van der Waals surface area contributed by atoms with Gasteiger partial charge in [-0.15, -0.1) is 0 Å². The molecule has 0 fully saturated rings. The second kappa shape index (κ2) is 2.76. The lowest BCUT2D eigenvalue weighted by Crippen LogP contribution is -1.95. The third kappa shape index (κ3) is 0.860. The van der Waals surface area contributed by atoms with Gasteiger partial charge in [-0.25, -0.2) is 0 Å². The molecular weight excluding hydrogens is 196 g/mol. The van der Waals surface area contributed by atoms with Gasteiger partial charge >= 0.3 is 0 Å². The van der Waals surface area contributed by atoms with Gasteiger partial charge in [-0.2, -0.15) is 0 Å². The first-order valence-electron chi connectivity index (χ1n) is 5.51. The lowest BCUT2D eigenvalue weighted by molar-refractivity contribution is 0.319. The molecule has 0 spiro atoms. The molecule has 1 aliphatic carbocycles. The first-order valence-corrected chi connectivity index (χ1v) is 5.51. The maximum Gasteiger partial charge on any atom is 0.135 e. The summed E-state index contributed by atoms with van der Waals surface area (Å²) < 4.78 is 5.77. The Morgan fingerprint density at radius 3 is 2.62 bits per heavy atom. The Bertz CT molecular complexity index is 657. The summed E-state index contributed by atoms with van der Waals surface area (Å²) in [5, 5.41) is 2.63. The molecule has 16 heavy (non-hydrogen) atoms. The summed E-state index contributed by atoms with van der Waals surface area (Å²) in [7, 11) is 0. The number of rotatable bonds is 0. The summed E-state index contributed by atoms with van der Waals surface area (Å²) in [5.41, 5.74) is 3.78. The summed E-state index contributed by atoms with van der Waals surface area (Å²) in [6.45, 7) is 0.684. The first kappa shape index (κ1) is 8.17. The molecule has 0 N–H and O–H groups in total. The van der Waals surface area contributed by atoms with Crippen molar-refractivity contribution in [3.63, 3.8) is 0 Å². The first-order chi connectivity index (χ1) is 7.95. The van der Waals surface area contributed by atoms with E-state index >= 15 is 0 Å². The van der Waals surface area contributed by atoms with Crippen LogP contribution in [0.1, 0.15) is 11.1 Å². The highest BCUT2D eigenvalue weighted by Gasteiger charge is 2.24. The molecule has 1 nitrogen and oxygen atoms in total. The van der Waals surface area contributed by atoms with E-state index in [1.807, 2.05) is 0 Å². The number of allylic oxidation sites excluding steroid dienone is 2. The van der Waals surface area contributed by atoms with Crippen LogP contribution in [0.3, 0.4) is 0 Å². The van der Waals surface area contributed by atoms with Crippen LogP contribution in [0, 0.1) is 0 Å². The Hall–Kier alpha value is -2.02. The van der Waals surface area contributed by atoms with Gasteiger partial charge in [0.1, 0.15) is 12.4 Å². The van der Waals surface area contributed by atoms with Crippen LogP contribution < -0.4 is 0 Å². The lowest BCUT2D eigenvalue weighted by Gasteiger charge is -2.11. The predicted molar refractivity (Wildman–Crippen MR) is 65.9 cm³/mol. The molecule has 1 aliphatic heterocycles. The molecule has 0 unspecified atom stereocenters. The Labute approximate surface area is 93.7 Å². The SMILES string of the molecule is C1=CC2=C(OC1)c1cccc3cccc2c13. The van der Waals surface area contributed by atoms with Crippen molar-refractivity contribution in [2.75, 3.05) is 6.61 Å². The lowest BCUT2D eigenvalue weighted by atomic mass is 10.0. The van der Waals surface area contributed by atoms with Gasteiger partial charge in [0.2, 0.25) is 0 Å². The molecular formula is C15H10O. The van der Waals surface area contributed by atoms with Crippen molar-refractivity contribution in [3.05, 3.63) is 59.7 Å². The second-order valence-electron chi connectivity index (χ2n) is 4.17. The molecule has 0 amide bonds. The van der Waals surface area contributed by atoms with Crippen LogP contribution in [0.5, 0.6) is 0 Å². The van der Waals surface area contributed by atoms with E-state index in [0.717, 1.165) is 5.76 Å². The van der Waals surface area contributed by atoms with Crippen molar-refractivity contribution in [1.82, 2.24) is 0 Å².